The van der Waals surface area contributed by atoms with Crippen LogP contribution in [0.4, 0.5) is 0 Å². The molecule has 1 aliphatic rings. The monoisotopic (exact) mass is 259 g/mol. The molecule has 1 heterocycles. The highest BCUT2D eigenvalue weighted by Crippen LogP contribution is 2.17. The van der Waals surface area contributed by atoms with Crippen LogP contribution in [0.5, 0.6) is 0 Å². The minimum Gasteiger partial charge on any atom is -0.507 e. The van der Waals surface area contributed by atoms with Gasteiger partial charge in [0, 0.05) is 19.3 Å². The number of benzene rings is 1. The van der Waals surface area contributed by atoms with E-state index < -0.39 is 5.97 Å². The van der Waals surface area contributed by atoms with Gasteiger partial charge >= 0.3 is 5.97 Å². The summed E-state index contributed by atoms with van der Waals surface area (Å²) in [5.74, 6) is -0.503. The van der Waals surface area contributed by atoms with Crippen molar-refractivity contribution in [1.29, 1.82) is 0 Å². The summed E-state index contributed by atoms with van der Waals surface area (Å²) in [5, 5.41) is 9.72. The Balaban J connectivity index is 2.10. The Morgan fingerprint density at radius 2 is 2.11 bits per heavy atom. The minimum atomic E-state index is -0.492. The second-order valence-corrected chi connectivity index (χ2v) is 4.27. The third-order valence-corrected chi connectivity index (χ3v) is 2.83. The molecule has 0 atom stereocenters. The first-order valence-corrected chi connectivity index (χ1v) is 6.27. The van der Waals surface area contributed by atoms with Crippen LogP contribution >= 0.6 is 0 Å². The Labute approximate surface area is 112 Å². The molecule has 1 aliphatic heterocycles. The van der Waals surface area contributed by atoms with Crippen molar-refractivity contribution < 1.29 is 14.6 Å². The minimum absolute atomic E-state index is 0.0113. The van der Waals surface area contributed by atoms with Crippen LogP contribution in [0.1, 0.15) is 12.5 Å². The van der Waals surface area contributed by atoms with Crippen molar-refractivity contribution in [3.63, 3.8) is 0 Å². The van der Waals surface area contributed by atoms with Crippen molar-refractivity contribution in [3.8, 4) is 0 Å². The van der Waals surface area contributed by atoms with Crippen molar-refractivity contribution in [3.05, 3.63) is 59.5 Å². The number of carbonyl (C=O) groups excluding carboxylic acids is 1. The maximum absolute atomic E-state index is 11.7. The average Bonchev–Trinajstić information content (AvgIpc) is 2.42. The molecule has 0 aromatic heterocycles. The SMILES string of the molecule is CCOC(=O)C1=CN(Cc2ccccc2)CC=C1O. The number of hydrogen-bond donors (Lipinski definition) is 1. The summed E-state index contributed by atoms with van der Waals surface area (Å²) < 4.78 is 4.92. The first-order chi connectivity index (χ1) is 9.20. The molecule has 19 heavy (non-hydrogen) atoms. The van der Waals surface area contributed by atoms with E-state index in [0.29, 0.717) is 19.7 Å². The highest BCUT2D eigenvalue weighted by atomic mass is 16.5. The normalized spacial score (nSPS) is 14.7. The summed E-state index contributed by atoms with van der Waals surface area (Å²) >= 11 is 0. The highest BCUT2D eigenvalue weighted by molar-refractivity contribution is 5.92. The number of hydrogen-bond acceptors (Lipinski definition) is 4. The molecule has 0 spiro atoms. The van der Waals surface area contributed by atoms with E-state index in [-0.39, 0.29) is 11.3 Å². The highest BCUT2D eigenvalue weighted by Gasteiger charge is 2.20. The van der Waals surface area contributed by atoms with Gasteiger partial charge in [0.2, 0.25) is 0 Å². The largest absolute Gasteiger partial charge is 0.507 e. The molecule has 0 bridgehead atoms. The van der Waals surface area contributed by atoms with E-state index in [2.05, 4.69) is 0 Å². The van der Waals surface area contributed by atoms with Crippen LogP contribution < -0.4 is 0 Å². The quantitative estimate of drug-likeness (QED) is 0.843. The Bertz CT molecular complexity index is 505. The molecule has 0 aliphatic carbocycles. The lowest BCUT2D eigenvalue weighted by atomic mass is 10.1. The Morgan fingerprint density at radius 1 is 1.37 bits per heavy atom. The maximum Gasteiger partial charge on any atom is 0.343 e. The van der Waals surface area contributed by atoms with Crippen molar-refractivity contribution >= 4 is 5.97 Å². The second-order valence-electron chi connectivity index (χ2n) is 4.27. The van der Waals surface area contributed by atoms with Gasteiger partial charge in [-0.1, -0.05) is 30.3 Å². The number of nitrogens with zero attached hydrogens (tertiary/aromatic N) is 1. The lowest BCUT2D eigenvalue weighted by Crippen LogP contribution is -2.24. The van der Waals surface area contributed by atoms with Crippen LogP contribution in [-0.2, 0) is 16.1 Å². The standard InChI is InChI=1S/C15H17NO3/c1-2-19-15(18)13-11-16(9-8-14(13)17)10-12-6-4-3-5-7-12/h3-8,11,17H,2,9-10H2,1H3. The first-order valence-electron chi connectivity index (χ1n) is 6.27. The van der Waals surface area contributed by atoms with Crippen LogP contribution in [0.25, 0.3) is 0 Å². The molecular weight excluding hydrogens is 242 g/mol. The van der Waals surface area contributed by atoms with E-state index in [0.717, 1.165) is 5.56 Å². The predicted molar refractivity (Wildman–Crippen MR) is 72.3 cm³/mol. The summed E-state index contributed by atoms with van der Waals surface area (Å²) in [7, 11) is 0. The molecule has 4 heteroatoms. The number of rotatable bonds is 4. The van der Waals surface area contributed by atoms with Gasteiger partial charge < -0.3 is 14.7 Å². The van der Waals surface area contributed by atoms with Gasteiger partial charge in [-0.05, 0) is 18.6 Å². The number of aliphatic hydroxyl groups is 1. The fourth-order valence-corrected chi connectivity index (χ4v) is 1.91. The third kappa shape index (κ3) is 3.37. The fourth-order valence-electron chi connectivity index (χ4n) is 1.91. The number of aliphatic hydroxyl groups excluding tert-OH is 1. The average molecular weight is 259 g/mol. The van der Waals surface area contributed by atoms with E-state index in [1.165, 1.54) is 0 Å². The van der Waals surface area contributed by atoms with Gasteiger partial charge in [-0.15, -0.1) is 0 Å². The Morgan fingerprint density at radius 3 is 2.79 bits per heavy atom. The number of esters is 1. The Hall–Kier alpha value is -2.23. The zero-order chi connectivity index (χ0) is 13.7. The molecule has 100 valence electrons. The molecule has 0 fully saturated rings. The second kappa shape index (κ2) is 6.09. The molecule has 1 aromatic rings. The van der Waals surface area contributed by atoms with E-state index in [1.807, 2.05) is 35.2 Å². The molecule has 2 rings (SSSR count). The molecule has 4 nitrogen and oxygen atoms in total. The van der Waals surface area contributed by atoms with Gasteiger partial charge in [-0.25, -0.2) is 4.79 Å². The van der Waals surface area contributed by atoms with Crippen molar-refractivity contribution in [2.75, 3.05) is 13.2 Å². The molecule has 0 amide bonds. The van der Waals surface area contributed by atoms with Crippen LogP contribution in [-0.4, -0.2) is 29.1 Å². The van der Waals surface area contributed by atoms with E-state index in [1.54, 1.807) is 19.2 Å². The molecule has 0 unspecified atom stereocenters. The zero-order valence-electron chi connectivity index (χ0n) is 10.9. The molecule has 1 aromatic carbocycles. The summed E-state index contributed by atoms with van der Waals surface area (Å²) in [6, 6.07) is 9.96. The summed E-state index contributed by atoms with van der Waals surface area (Å²) in [6.07, 6.45) is 3.27. The van der Waals surface area contributed by atoms with Gasteiger partial charge in [-0.2, -0.15) is 0 Å². The van der Waals surface area contributed by atoms with Gasteiger partial charge in [0.15, 0.2) is 0 Å². The van der Waals surface area contributed by atoms with Gasteiger partial charge in [0.1, 0.15) is 11.3 Å². The van der Waals surface area contributed by atoms with Crippen molar-refractivity contribution in [2.24, 2.45) is 0 Å². The zero-order valence-corrected chi connectivity index (χ0v) is 10.9. The maximum atomic E-state index is 11.7. The van der Waals surface area contributed by atoms with Crippen LogP contribution in [0.3, 0.4) is 0 Å². The smallest absolute Gasteiger partial charge is 0.343 e. The van der Waals surface area contributed by atoms with Crippen molar-refractivity contribution in [1.82, 2.24) is 4.90 Å². The number of carbonyl (C=O) groups is 1. The number of ether oxygens (including phenoxy) is 1. The van der Waals surface area contributed by atoms with E-state index >= 15 is 0 Å². The lowest BCUT2D eigenvalue weighted by molar-refractivity contribution is -0.138. The predicted octanol–water partition coefficient (Wildman–Crippen LogP) is 2.39. The van der Waals surface area contributed by atoms with Crippen molar-refractivity contribution in [2.45, 2.75) is 13.5 Å². The van der Waals surface area contributed by atoms with Crippen LogP contribution in [0, 0.1) is 0 Å². The fraction of sp³-hybridized carbons (Fsp3) is 0.267. The molecule has 1 N–H and O–H groups in total. The van der Waals surface area contributed by atoms with E-state index in [9.17, 15) is 9.90 Å². The topological polar surface area (TPSA) is 49.8 Å². The molecule has 0 saturated heterocycles. The summed E-state index contributed by atoms with van der Waals surface area (Å²) in [5.41, 5.74) is 1.36. The summed E-state index contributed by atoms with van der Waals surface area (Å²) in [6.45, 7) is 3.29. The van der Waals surface area contributed by atoms with E-state index in [4.69, 9.17) is 4.74 Å². The third-order valence-electron chi connectivity index (χ3n) is 2.83. The van der Waals surface area contributed by atoms with Crippen LogP contribution in [0.2, 0.25) is 0 Å². The lowest BCUT2D eigenvalue weighted by Gasteiger charge is -2.24. The molecule has 0 radical (unpaired) electrons. The van der Waals surface area contributed by atoms with Crippen LogP contribution in [0.15, 0.2) is 53.9 Å². The Kier molecular flexibility index (Phi) is 4.23. The summed E-state index contributed by atoms with van der Waals surface area (Å²) in [4.78, 5) is 13.6. The first kappa shape index (κ1) is 13.2. The molecular formula is C15H17NO3. The van der Waals surface area contributed by atoms with Gasteiger partial charge in [-0.3, -0.25) is 0 Å². The van der Waals surface area contributed by atoms with Gasteiger partial charge in [0.05, 0.1) is 6.61 Å². The van der Waals surface area contributed by atoms with Gasteiger partial charge in [0.25, 0.3) is 0 Å². The molecule has 0 saturated carbocycles.